The Bertz CT molecular complexity index is 1410. The summed E-state index contributed by atoms with van der Waals surface area (Å²) >= 11 is 8.36. The molecule has 7 nitrogen and oxygen atoms in total. The lowest BCUT2D eigenvalue weighted by atomic mass is 9.76. The van der Waals surface area contributed by atoms with Gasteiger partial charge in [-0.3, -0.25) is 19.4 Å². The minimum Gasteiger partial charge on any atom is -0.441 e. The van der Waals surface area contributed by atoms with E-state index in [9.17, 15) is 9.59 Å². The topological polar surface area (TPSA) is 66.0 Å². The maximum Gasteiger partial charge on any atom is 0.310 e. The van der Waals surface area contributed by atoms with Gasteiger partial charge in [0.15, 0.2) is 6.23 Å². The normalized spacial score (nSPS) is 22.1. The number of rotatable bonds is 8. The Morgan fingerprint density at radius 1 is 1.15 bits per heavy atom. The van der Waals surface area contributed by atoms with E-state index in [1.54, 1.807) is 16.4 Å². The number of ether oxygens (including phenoxy) is 1. The van der Waals surface area contributed by atoms with Gasteiger partial charge in [-0.2, -0.15) is 4.37 Å². The van der Waals surface area contributed by atoms with Crippen molar-refractivity contribution >= 4 is 56.6 Å². The predicted molar refractivity (Wildman–Crippen MR) is 161 cm³/mol. The summed E-state index contributed by atoms with van der Waals surface area (Å²) in [5, 5.41) is 1.90. The van der Waals surface area contributed by atoms with E-state index >= 15 is 0 Å². The molecule has 2 aromatic carbocycles. The van der Waals surface area contributed by atoms with Crippen LogP contribution in [0.3, 0.4) is 0 Å². The Hall–Kier alpha value is -2.68. The fourth-order valence-electron chi connectivity index (χ4n) is 6.24. The molecule has 2 aliphatic heterocycles. The first-order chi connectivity index (χ1) is 19.3. The largest absolute Gasteiger partial charge is 0.441 e. The second kappa shape index (κ2) is 11.3. The first kappa shape index (κ1) is 27.5. The summed E-state index contributed by atoms with van der Waals surface area (Å²) in [6, 6.07) is 12.4. The Kier molecular flexibility index (Phi) is 7.77. The molecule has 212 valence electrons. The van der Waals surface area contributed by atoms with E-state index in [4.69, 9.17) is 20.7 Å². The minimum absolute atomic E-state index is 0.0317. The van der Waals surface area contributed by atoms with Crippen molar-refractivity contribution in [1.29, 1.82) is 0 Å². The third kappa shape index (κ3) is 5.33. The molecule has 2 fully saturated rings. The summed E-state index contributed by atoms with van der Waals surface area (Å²) in [5.74, 6) is 1.34. The first-order valence-electron chi connectivity index (χ1n) is 14.4. The first-order valence-corrected chi connectivity index (χ1v) is 15.6. The van der Waals surface area contributed by atoms with Crippen LogP contribution in [0.2, 0.25) is 5.02 Å². The van der Waals surface area contributed by atoms with Crippen LogP contribution in [0.15, 0.2) is 36.4 Å². The molecule has 1 saturated carbocycles. The standard InChI is InChI=1S/C31H37ClN4O3S/c1-19(2)30(39-31(38)23-14-20(3)15-23)36-26-18-25(32)21(16-22(26)17-28(36)37)8-9-34-10-12-35(13-11-34)29-24-6-4-5-7-27(24)40-33-29/h4-7,16,18-20,23,30H,8-15,17H2,1-3H3. The van der Waals surface area contributed by atoms with Crippen LogP contribution in [0.25, 0.3) is 10.1 Å². The number of benzene rings is 2. The maximum atomic E-state index is 13.2. The van der Waals surface area contributed by atoms with Crippen LogP contribution in [0.1, 0.15) is 44.7 Å². The molecule has 0 N–H and O–H groups in total. The van der Waals surface area contributed by atoms with Crippen LogP contribution in [-0.4, -0.2) is 60.1 Å². The van der Waals surface area contributed by atoms with Crippen molar-refractivity contribution in [3.05, 3.63) is 52.5 Å². The molecule has 1 saturated heterocycles. The number of nitrogens with zero attached hydrogens (tertiary/aromatic N) is 4. The molecular formula is C31H37ClN4O3S. The Labute approximate surface area is 245 Å². The van der Waals surface area contributed by atoms with Crippen LogP contribution >= 0.6 is 23.1 Å². The second-order valence-electron chi connectivity index (χ2n) is 11.9. The van der Waals surface area contributed by atoms with Crippen LogP contribution in [0.5, 0.6) is 0 Å². The highest BCUT2D eigenvalue weighted by molar-refractivity contribution is 7.13. The van der Waals surface area contributed by atoms with Gasteiger partial charge >= 0.3 is 5.97 Å². The second-order valence-corrected chi connectivity index (χ2v) is 13.2. The summed E-state index contributed by atoms with van der Waals surface area (Å²) in [6.45, 7) is 10.9. The van der Waals surface area contributed by atoms with E-state index in [1.165, 1.54) is 10.1 Å². The third-order valence-corrected chi connectivity index (χ3v) is 9.78. The van der Waals surface area contributed by atoms with Gasteiger partial charge in [-0.1, -0.05) is 50.6 Å². The van der Waals surface area contributed by atoms with Crippen molar-refractivity contribution < 1.29 is 14.3 Å². The number of hydrogen-bond acceptors (Lipinski definition) is 7. The summed E-state index contributed by atoms with van der Waals surface area (Å²) in [5.41, 5.74) is 2.80. The minimum atomic E-state index is -0.620. The SMILES string of the molecule is CC1CC(C(=O)OC(C(C)C)N2C(=O)Cc3cc(CCN4CCN(c5nsc6ccccc56)CC4)c(Cl)cc32)C1. The smallest absolute Gasteiger partial charge is 0.310 e. The lowest BCUT2D eigenvalue weighted by molar-refractivity contribution is -0.161. The average Bonchev–Trinajstić information content (AvgIpc) is 3.49. The molecule has 1 amide bonds. The van der Waals surface area contributed by atoms with Crippen molar-refractivity contribution in [2.24, 2.45) is 17.8 Å². The summed E-state index contributed by atoms with van der Waals surface area (Å²) in [6.07, 6.45) is 2.23. The molecular weight excluding hydrogens is 544 g/mol. The molecule has 0 radical (unpaired) electrons. The molecule has 3 heterocycles. The molecule has 9 heteroatoms. The van der Waals surface area contributed by atoms with Crippen LogP contribution in [-0.2, 0) is 27.2 Å². The number of halogens is 1. The van der Waals surface area contributed by atoms with E-state index < -0.39 is 6.23 Å². The molecule has 6 rings (SSSR count). The van der Waals surface area contributed by atoms with Gasteiger partial charge in [0.2, 0.25) is 5.91 Å². The summed E-state index contributed by atoms with van der Waals surface area (Å²) < 4.78 is 11.9. The molecule has 1 unspecified atom stereocenters. The lowest BCUT2D eigenvalue weighted by Crippen LogP contribution is -2.47. The Morgan fingerprint density at radius 2 is 1.90 bits per heavy atom. The van der Waals surface area contributed by atoms with E-state index in [0.717, 1.165) is 74.6 Å². The lowest BCUT2D eigenvalue weighted by Gasteiger charge is -2.36. The fourth-order valence-corrected chi connectivity index (χ4v) is 7.29. The molecule has 0 bridgehead atoms. The Morgan fingerprint density at radius 3 is 2.62 bits per heavy atom. The number of amides is 1. The molecule has 3 aromatic rings. The number of esters is 1. The molecule has 40 heavy (non-hydrogen) atoms. The van der Waals surface area contributed by atoms with E-state index in [1.807, 2.05) is 19.9 Å². The van der Waals surface area contributed by atoms with Crippen molar-refractivity contribution in [3.63, 3.8) is 0 Å². The zero-order valence-corrected chi connectivity index (χ0v) is 25.0. The number of piperazine rings is 1. The highest BCUT2D eigenvalue weighted by Gasteiger charge is 2.40. The monoisotopic (exact) mass is 580 g/mol. The zero-order chi connectivity index (χ0) is 28.0. The molecule has 0 spiro atoms. The zero-order valence-electron chi connectivity index (χ0n) is 23.4. The van der Waals surface area contributed by atoms with Crippen molar-refractivity contribution in [1.82, 2.24) is 9.27 Å². The van der Waals surface area contributed by atoms with Gasteiger partial charge in [-0.25, -0.2) is 0 Å². The maximum absolute atomic E-state index is 13.2. The van der Waals surface area contributed by atoms with Crippen LogP contribution in [0, 0.1) is 17.8 Å². The summed E-state index contributed by atoms with van der Waals surface area (Å²) in [4.78, 5) is 32.5. The van der Waals surface area contributed by atoms with Gasteiger partial charge in [0.25, 0.3) is 0 Å². The number of anilines is 2. The van der Waals surface area contributed by atoms with E-state index in [2.05, 4.69) is 47.1 Å². The van der Waals surface area contributed by atoms with Crippen LogP contribution < -0.4 is 9.80 Å². The molecule has 1 atom stereocenters. The quantitative estimate of drug-likeness (QED) is 0.315. The Balaban J connectivity index is 1.09. The van der Waals surface area contributed by atoms with E-state index in [-0.39, 0.29) is 23.7 Å². The average molecular weight is 581 g/mol. The van der Waals surface area contributed by atoms with Gasteiger partial charge in [0, 0.05) is 49.1 Å². The summed E-state index contributed by atoms with van der Waals surface area (Å²) in [7, 11) is 0. The van der Waals surface area contributed by atoms with Gasteiger partial charge in [-0.05, 0) is 66.0 Å². The molecule has 1 aromatic heterocycles. The van der Waals surface area contributed by atoms with Crippen molar-refractivity contribution in [2.75, 3.05) is 42.5 Å². The number of carbonyl (C=O) groups is 2. The van der Waals surface area contributed by atoms with E-state index in [0.29, 0.717) is 17.4 Å². The fraction of sp³-hybridized carbons (Fsp3) is 0.516. The highest BCUT2D eigenvalue weighted by atomic mass is 35.5. The third-order valence-electron chi connectivity index (χ3n) is 8.61. The highest BCUT2D eigenvalue weighted by Crippen LogP contribution is 2.39. The number of hydrogen-bond donors (Lipinski definition) is 0. The van der Waals surface area contributed by atoms with Gasteiger partial charge < -0.3 is 9.64 Å². The van der Waals surface area contributed by atoms with Gasteiger partial charge in [0.05, 0.1) is 22.7 Å². The predicted octanol–water partition coefficient (Wildman–Crippen LogP) is 5.77. The molecule has 1 aliphatic carbocycles. The number of carbonyl (C=O) groups excluding carboxylic acids is 2. The van der Waals surface area contributed by atoms with Crippen molar-refractivity contribution in [2.45, 2.75) is 52.7 Å². The molecule has 3 aliphatic rings. The number of fused-ring (bicyclic) bond motifs is 2. The number of aromatic nitrogens is 1. The van der Waals surface area contributed by atoms with Crippen LogP contribution in [0.4, 0.5) is 11.5 Å². The van der Waals surface area contributed by atoms with Gasteiger partial charge in [0.1, 0.15) is 5.82 Å². The van der Waals surface area contributed by atoms with Gasteiger partial charge in [-0.15, -0.1) is 0 Å². The van der Waals surface area contributed by atoms with Crippen molar-refractivity contribution in [3.8, 4) is 0 Å².